The summed E-state index contributed by atoms with van der Waals surface area (Å²) in [5, 5.41) is 5.99. The third kappa shape index (κ3) is 4.91. The normalized spacial score (nSPS) is 10.6. The summed E-state index contributed by atoms with van der Waals surface area (Å²) < 4.78 is 0. The van der Waals surface area contributed by atoms with Crippen molar-refractivity contribution in [3.8, 4) is 11.1 Å². The number of benzene rings is 4. The van der Waals surface area contributed by atoms with E-state index in [0.717, 1.165) is 22.5 Å². The highest BCUT2D eigenvalue weighted by Gasteiger charge is 2.18. The largest absolute Gasteiger partial charge is 0.322 e. The molecular formula is C30H28N2O2. The first-order valence-corrected chi connectivity index (χ1v) is 11.3. The second kappa shape index (κ2) is 9.75. The first kappa shape index (κ1) is 23.0. The van der Waals surface area contributed by atoms with Crippen molar-refractivity contribution in [2.45, 2.75) is 27.7 Å². The fraction of sp³-hybridized carbons (Fsp3) is 0.133. The molecule has 4 aromatic rings. The maximum absolute atomic E-state index is 13.2. The summed E-state index contributed by atoms with van der Waals surface area (Å²) in [6.45, 7) is 8.11. The molecule has 2 amide bonds. The van der Waals surface area contributed by atoms with Gasteiger partial charge in [0.15, 0.2) is 0 Å². The minimum atomic E-state index is -0.219. The van der Waals surface area contributed by atoms with Gasteiger partial charge in [0.2, 0.25) is 0 Å². The van der Waals surface area contributed by atoms with Gasteiger partial charge in [-0.2, -0.15) is 0 Å². The van der Waals surface area contributed by atoms with Crippen molar-refractivity contribution < 1.29 is 9.59 Å². The van der Waals surface area contributed by atoms with Gasteiger partial charge >= 0.3 is 0 Å². The van der Waals surface area contributed by atoms with Crippen molar-refractivity contribution >= 4 is 23.2 Å². The van der Waals surface area contributed by atoms with Crippen LogP contribution in [0.2, 0.25) is 0 Å². The smallest absolute Gasteiger partial charge is 0.256 e. The van der Waals surface area contributed by atoms with Crippen LogP contribution in [-0.2, 0) is 0 Å². The molecule has 0 bridgehead atoms. The van der Waals surface area contributed by atoms with E-state index in [2.05, 4.69) is 10.6 Å². The second-order valence-electron chi connectivity index (χ2n) is 8.60. The Morgan fingerprint density at radius 1 is 0.500 bits per heavy atom. The van der Waals surface area contributed by atoms with Crippen molar-refractivity contribution in [3.63, 3.8) is 0 Å². The Balaban J connectivity index is 1.67. The van der Waals surface area contributed by atoms with Crippen LogP contribution in [0.1, 0.15) is 43.0 Å². The van der Waals surface area contributed by atoms with Gasteiger partial charge in [0, 0.05) is 22.5 Å². The molecule has 0 saturated carbocycles. The van der Waals surface area contributed by atoms with E-state index in [4.69, 9.17) is 0 Å². The van der Waals surface area contributed by atoms with Crippen LogP contribution in [0.15, 0.2) is 84.9 Å². The maximum atomic E-state index is 13.2. The first-order valence-electron chi connectivity index (χ1n) is 11.3. The van der Waals surface area contributed by atoms with Gasteiger partial charge in [0.1, 0.15) is 0 Å². The number of rotatable bonds is 5. The minimum absolute atomic E-state index is 0.219. The number of anilines is 2. The van der Waals surface area contributed by atoms with Gasteiger partial charge < -0.3 is 10.6 Å². The van der Waals surface area contributed by atoms with E-state index >= 15 is 0 Å². The first-order chi connectivity index (χ1) is 16.3. The molecule has 2 N–H and O–H groups in total. The number of carbonyl (C=O) groups excluding carboxylic acids is 2. The van der Waals surface area contributed by atoms with E-state index in [1.807, 2.05) is 100 Å². The van der Waals surface area contributed by atoms with Gasteiger partial charge in [0.05, 0.1) is 0 Å². The average Bonchev–Trinajstić information content (AvgIpc) is 2.83. The lowest BCUT2D eigenvalue weighted by molar-refractivity contribution is 0.101. The molecule has 0 unspecified atom stereocenters. The van der Waals surface area contributed by atoms with Crippen LogP contribution in [0.5, 0.6) is 0 Å². The minimum Gasteiger partial charge on any atom is -0.322 e. The Morgan fingerprint density at radius 3 is 1.26 bits per heavy atom. The number of hydrogen-bond donors (Lipinski definition) is 2. The number of carbonyl (C=O) groups is 2. The zero-order chi connectivity index (χ0) is 24.2. The monoisotopic (exact) mass is 448 g/mol. The highest BCUT2D eigenvalue weighted by Crippen LogP contribution is 2.29. The number of aryl methyl sites for hydroxylation is 4. The topological polar surface area (TPSA) is 58.2 Å². The van der Waals surface area contributed by atoms with Crippen molar-refractivity contribution in [2.24, 2.45) is 0 Å². The van der Waals surface area contributed by atoms with Crippen LogP contribution >= 0.6 is 0 Å². The van der Waals surface area contributed by atoms with Gasteiger partial charge in [-0.25, -0.2) is 0 Å². The van der Waals surface area contributed by atoms with Crippen LogP contribution in [0.3, 0.4) is 0 Å². The number of hydrogen-bond acceptors (Lipinski definition) is 2. The highest BCUT2D eigenvalue weighted by molar-refractivity contribution is 6.13. The third-order valence-electron chi connectivity index (χ3n) is 6.16. The van der Waals surface area contributed by atoms with Crippen LogP contribution in [0.4, 0.5) is 11.4 Å². The SMILES string of the molecule is Cc1ccc(NC(=O)c2ccccc2-c2ccccc2C(=O)Nc2ccc(C)c(C)c2)cc1C. The standard InChI is InChI=1S/C30H28N2O2/c1-19-13-15-23(17-21(19)3)31-29(33)27-11-7-5-9-25(27)26-10-6-8-12-28(26)30(34)32-24-16-14-20(2)22(4)18-24/h5-18H,1-4H3,(H,31,33)(H,32,34). The Bertz CT molecular complexity index is 1280. The Morgan fingerprint density at radius 2 is 0.882 bits per heavy atom. The van der Waals surface area contributed by atoms with Crippen molar-refractivity contribution in [2.75, 3.05) is 10.6 Å². The molecule has 0 saturated heterocycles. The lowest BCUT2D eigenvalue weighted by Crippen LogP contribution is -2.16. The molecule has 0 aliphatic rings. The summed E-state index contributed by atoms with van der Waals surface area (Å²) >= 11 is 0. The van der Waals surface area contributed by atoms with E-state index in [-0.39, 0.29) is 11.8 Å². The van der Waals surface area contributed by atoms with Crippen molar-refractivity contribution in [1.29, 1.82) is 0 Å². The lowest BCUT2D eigenvalue weighted by Gasteiger charge is -2.15. The molecule has 4 rings (SSSR count). The summed E-state index contributed by atoms with van der Waals surface area (Å²) in [5.74, 6) is -0.438. The van der Waals surface area contributed by atoms with E-state index in [1.54, 1.807) is 12.1 Å². The quantitative estimate of drug-likeness (QED) is 0.342. The van der Waals surface area contributed by atoms with Gasteiger partial charge in [-0.05, 0) is 97.5 Å². The Labute approximate surface area is 200 Å². The molecule has 4 nitrogen and oxygen atoms in total. The summed E-state index contributed by atoms with van der Waals surface area (Å²) in [6.07, 6.45) is 0. The predicted octanol–water partition coefficient (Wildman–Crippen LogP) is 7.09. The number of amides is 2. The molecule has 0 fully saturated rings. The van der Waals surface area contributed by atoms with Crippen LogP contribution < -0.4 is 10.6 Å². The summed E-state index contributed by atoms with van der Waals surface area (Å²) in [5.41, 5.74) is 8.46. The molecule has 170 valence electrons. The third-order valence-corrected chi connectivity index (χ3v) is 6.16. The average molecular weight is 449 g/mol. The van der Waals surface area contributed by atoms with Gasteiger partial charge in [-0.3, -0.25) is 9.59 Å². The summed E-state index contributed by atoms with van der Waals surface area (Å²) in [7, 11) is 0. The molecular weight excluding hydrogens is 420 g/mol. The van der Waals surface area contributed by atoms with Crippen LogP contribution in [0.25, 0.3) is 11.1 Å². The molecule has 0 radical (unpaired) electrons. The van der Waals surface area contributed by atoms with E-state index in [1.165, 1.54) is 11.1 Å². The molecule has 0 atom stereocenters. The Hall–Kier alpha value is -4.18. The molecule has 0 heterocycles. The molecule has 0 aliphatic heterocycles. The molecule has 4 heteroatoms. The predicted molar refractivity (Wildman–Crippen MR) is 140 cm³/mol. The van der Waals surface area contributed by atoms with Crippen LogP contribution in [-0.4, -0.2) is 11.8 Å². The molecule has 0 aromatic heterocycles. The van der Waals surface area contributed by atoms with E-state index in [0.29, 0.717) is 22.3 Å². The zero-order valence-electron chi connectivity index (χ0n) is 19.9. The maximum Gasteiger partial charge on any atom is 0.256 e. The zero-order valence-corrected chi connectivity index (χ0v) is 19.9. The van der Waals surface area contributed by atoms with Gasteiger partial charge in [-0.1, -0.05) is 48.5 Å². The molecule has 0 spiro atoms. The van der Waals surface area contributed by atoms with E-state index < -0.39 is 0 Å². The van der Waals surface area contributed by atoms with Gasteiger partial charge in [0.25, 0.3) is 11.8 Å². The fourth-order valence-corrected chi connectivity index (χ4v) is 3.87. The summed E-state index contributed by atoms with van der Waals surface area (Å²) in [4.78, 5) is 26.5. The van der Waals surface area contributed by atoms with Crippen molar-refractivity contribution in [3.05, 3.63) is 118 Å². The van der Waals surface area contributed by atoms with Gasteiger partial charge in [-0.15, -0.1) is 0 Å². The molecule has 0 aliphatic carbocycles. The second-order valence-corrected chi connectivity index (χ2v) is 8.60. The molecule has 4 aromatic carbocycles. The fourth-order valence-electron chi connectivity index (χ4n) is 3.87. The Kier molecular flexibility index (Phi) is 6.60. The lowest BCUT2D eigenvalue weighted by atomic mass is 9.94. The van der Waals surface area contributed by atoms with E-state index in [9.17, 15) is 9.59 Å². The highest BCUT2D eigenvalue weighted by atomic mass is 16.2. The van der Waals surface area contributed by atoms with Crippen molar-refractivity contribution in [1.82, 2.24) is 0 Å². The van der Waals surface area contributed by atoms with Crippen LogP contribution in [0, 0.1) is 27.7 Å². The summed E-state index contributed by atoms with van der Waals surface area (Å²) in [6, 6.07) is 26.4. The molecule has 34 heavy (non-hydrogen) atoms. The number of nitrogens with one attached hydrogen (secondary N) is 2.